The monoisotopic (exact) mass is 502 g/mol. The van der Waals surface area contributed by atoms with Gasteiger partial charge >= 0.3 is 36.0 Å². The molecule has 0 spiro atoms. The molecule has 2 aromatic carbocycles. The molecule has 0 bridgehead atoms. The molecule has 0 saturated heterocycles. The molecule has 0 unspecified atom stereocenters. The van der Waals surface area contributed by atoms with Crippen LogP contribution in [0.5, 0.6) is 5.88 Å². The van der Waals surface area contributed by atoms with Gasteiger partial charge in [-0.05, 0) is 31.2 Å². The van der Waals surface area contributed by atoms with Crippen LogP contribution < -0.4 is 32.5 Å². The van der Waals surface area contributed by atoms with Gasteiger partial charge in [-0.15, -0.1) is 0 Å². The van der Waals surface area contributed by atoms with E-state index < -0.39 is 42.6 Å². The van der Waals surface area contributed by atoms with Crippen LogP contribution in [-0.4, -0.2) is 28.0 Å². The Balaban J connectivity index is 0.000000208. The van der Waals surface area contributed by atoms with E-state index in [1.807, 2.05) is 37.3 Å². The topological polar surface area (TPSA) is 143 Å². The van der Waals surface area contributed by atoms with Gasteiger partial charge in [-0.3, -0.25) is 14.8 Å². The zero-order valence-corrected chi connectivity index (χ0v) is 16.9. The Kier molecular flexibility index (Phi) is 6.93. The van der Waals surface area contributed by atoms with Gasteiger partial charge in [0, 0.05) is 0 Å². The van der Waals surface area contributed by atoms with Gasteiger partial charge in [0.1, 0.15) is 10.1 Å². The smallest absolute Gasteiger partial charge is 0.370 e. The molecule has 3 aromatic rings. The van der Waals surface area contributed by atoms with Gasteiger partial charge in [0.15, 0.2) is 3.57 Å². The molecule has 27 heavy (non-hydrogen) atoms. The van der Waals surface area contributed by atoms with Crippen LogP contribution in [0.15, 0.2) is 69.1 Å². The predicted molar refractivity (Wildman–Crippen MR) is 92.3 cm³/mol. The number of hydrogen-bond acceptors (Lipinski definition) is 6. The lowest BCUT2D eigenvalue weighted by Gasteiger charge is -2.05. The number of aryl methyl sites for hydroxylation is 1. The first kappa shape index (κ1) is 20.9. The molecule has 0 aliphatic carbocycles. The van der Waals surface area contributed by atoms with Gasteiger partial charge in [-0.2, -0.15) is 0 Å². The van der Waals surface area contributed by atoms with Crippen molar-refractivity contribution >= 4 is 10.1 Å². The lowest BCUT2D eigenvalue weighted by molar-refractivity contribution is -0.600. The van der Waals surface area contributed by atoms with Gasteiger partial charge in [0.2, 0.25) is 0 Å². The Labute approximate surface area is 164 Å². The number of aromatic hydroxyl groups is 1. The number of hydrogen-bond donors (Lipinski definition) is 3. The molecule has 0 saturated carbocycles. The second-order valence-electron chi connectivity index (χ2n) is 5.23. The van der Waals surface area contributed by atoms with Gasteiger partial charge in [0.25, 0.3) is 5.88 Å². The average Bonchev–Trinajstić information content (AvgIpc) is 2.59. The summed E-state index contributed by atoms with van der Waals surface area (Å²) in [6, 6.07) is 15.2. The highest BCUT2D eigenvalue weighted by Crippen LogP contribution is 2.08. The van der Waals surface area contributed by atoms with Crippen molar-refractivity contribution in [2.24, 2.45) is 0 Å². The van der Waals surface area contributed by atoms with Crippen molar-refractivity contribution in [3.63, 3.8) is 0 Å². The van der Waals surface area contributed by atoms with Crippen molar-refractivity contribution in [3.8, 4) is 5.88 Å². The molecule has 1 heterocycles. The number of H-pyrrole nitrogens is 2. The molecule has 0 fully saturated rings. The molecule has 1 aromatic heterocycles. The van der Waals surface area contributed by atoms with Crippen LogP contribution in [-0.2, 0) is 10.1 Å². The Morgan fingerprint density at radius 3 is 2.07 bits per heavy atom. The summed E-state index contributed by atoms with van der Waals surface area (Å²) in [6.45, 7) is 1.82. The van der Waals surface area contributed by atoms with E-state index >= 15 is 0 Å². The molecular weight excluding hydrogens is 487 g/mol. The molecule has 0 atom stereocenters. The van der Waals surface area contributed by atoms with Crippen molar-refractivity contribution < 1.29 is 39.3 Å². The summed E-state index contributed by atoms with van der Waals surface area (Å²) < 4.78 is 32.4. The third kappa shape index (κ3) is 6.34. The van der Waals surface area contributed by atoms with Crippen LogP contribution >= 0.6 is 0 Å². The SMILES string of the molecule is Cc1ccc(S(=O)(=O)[O-])cc1.O=c1[nH]c(O)c([I+]c2ccccc2)c(=O)[nH]1. The molecular formula is C17H15IN2O6S. The van der Waals surface area contributed by atoms with Crippen molar-refractivity contribution in [1.82, 2.24) is 9.97 Å². The highest BCUT2D eigenvalue weighted by Gasteiger charge is 2.25. The van der Waals surface area contributed by atoms with Crippen LogP contribution in [0, 0.1) is 14.1 Å². The fourth-order valence-electron chi connectivity index (χ4n) is 1.84. The van der Waals surface area contributed by atoms with E-state index in [9.17, 15) is 27.7 Å². The van der Waals surface area contributed by atoms with Crippen LogP contribution in [0.3, 0.4) is 0 Å². The van der Waals surface area contributed by atoms with Crippen LogP contribution in [0.4, 0.5) is 0 Å². The summed E-state index contributed by atoms with van der Waals surface area (Å²) in [6.07, 6.45) is 0. The summed E-state index contributed by atoms with van der Waals surface area (Å²) in [4.78, 5) is 26.4. The minimum atomic E-state index is -4.27. The third-order valence-electron chi connectivity index (χ3n) is 3.11. The van der Waals surface area contributed by atoms with E-state index in [4.69, 9.17) is 0 Å². The van der Waals surface area contributed by atoms with E-state index in [0.29, 0.717) is 0 Å². The fourth-order valence-corrected chi connectivity index (χ4v) is 4.48. The maximum Gasteiger partial charge on any atom is 0.370 e. The minimum absolute atomic E-state index is 0.178. The summed E-state index contributed by atoms with van der Waals surface area (Å²) in [7, 11) is -4.27. The molecule has 8 nitrogen and oxygen atoms in total. The number of nitrogens with one attached hydrogen (secondary N) is 2. The number of aromatic nitrogens is 2. The normalized spacial score (nSPS) is 10.7. The van der Waals surface area contributed by atoms with Gasteiger partial charge in [-0.1, -0.05) is 35.9 Å². The fraction of sp³-hybridized carbons (Fsp3) is 0.0588. The Morgan fingerprint density at radius 2 is 1.56 bits per heavy atom. The number of benzene rings is 2. The standard InChI is InChI=1S/C10H7IN2O3.C7H8O3S/c14-8-7(9(15)13-10(16)12-8)11-6-4-2-1-3-5-6;1-6-2-4-7(5-3-6)11(8,9)10/h1-5H,(H2-,12,13,14,15,16);2-5H,1H3,(H,8,9,10). The molecule has 3 N–H and O–H groups in total. The highest BCUT2D eigenvalue weighted by molar-refractivity contribution is 7.85. The molecule has 0 radical (unpaired) electrons. The molecule has 0 aliphatic heterocycles. The van der Waals surface area contributed by atoms with E-state index in [2.05, 4.69) is 9.97 Å². The van der Waals surface area contributed by atoms with E-state index in [1.165, 1.54) is 12.1 Å². The van der Waals surface area contributed by atoms with E-state index in [0.717, 1.165) is 9.13 Å². The van der Waals surface area contributed by atoms with Crippen LogP contribution in [0.2, 0.25) is 0 Å². The predicted octanol–water partition coefficient (Wildman–Crippen LogP) is -2.20. The molecule has 10 heteroatoms. The van der Waals surface area contributed by atoms with E-state index in [1.54, 1.807) is 12.1 Å². The largest absolute Gasteiger partial charge is 0.744 e. The maximum atomic E-state index is 11.5. The average molecular weight is 502 g/mol. The lowest BCUT2D eigenvalue weighted by Crippen LogP contribution is -3.62. The third-order valence-corrected chi connectivity index (χ3v) is 6.84. The zero-order valence-electron chi connectivity index (χ0n) is 14.0. The first-order valence-corrected chi connectivity index (χ1v) is 11.0. The number of rotatable bonds is 3. The Morgan fingerprint density at radius 1 is 0.963 bits per heavy atom. The minimum Gasteiger partial charge on any atom is -0.744 e. The lowest BCUT2D eigenvalue weighted by atomic mass is 10.2. The van der Waals surface area contributed by atoms with Gasteiger partial charge in [-0.25, -0.2) is 13.2 Å². The van der Waals surface area contributed by atoms with Crippen LogP contribution in [0.25, 0.3) is 0 Å². The zero-order chi connectivity index (χ0) is 20.0. The number of aromatic amines is 2. The first-order valence-electron chi connectivity index (χ1n) is 7.45. The second-order valence-corrected chi connectivity index (χ2v) is 9.47. The van der Waals surface area contributed by atoms with Gasteiger partial charge in [0.05, 0.1) is 4.90 Å². The maximum absolute atomic E-state index is 11.5. The first-order chi connectivity index (χ1) is 12.7. The summed E-state index contributed by atoms with van der Waals surface area (Å²) in [5.74, 6) is -0.328. The summed E-state index contributed by atoms with van der Waals surface area (Å²) in [5, 5.41) is 9.49. The Hall–Kier alpha value is -2.44. The summed E-state index contributed by atoms with van der Waals surface area (Å²) in [5.41, 5.74) is -0.279. The highest BCUT2D eigenvalue weighted by atomic mass is 127. The van der Waals surface area contributed by atoms with Crippen LogP contribution in [0.1, 0.15) is 5.56 Å². The van der Waals surface area contributed by atoms with Crippen molar-refractivity contribution in [2.75, 3.05) is 0 Å². The van der Waals surface area contributed by atoms with Crippen molar-refractivity contribution in [2.45, 2.75) is 11.8 Å². The van der Waals surface area contributed by atoms with Crippen molar-refractivity contribution in [1.29, 1.82) is 0 Å². The molecule has 0 amide bonds. The second kappa shape index (κ2) is 8.97. The quantitative estimate of drug-likeness (QED) is 0.274. The number of halogens is 1. The molecule has 142 valence electrons. The summed E-state index contributed by atoms with van der Waals surface area (Å²) >= 11 is -0.791. The Bertz CT molecular complexity index is 1120. The van der Waals surface area contributed by atoms with Crippen molar-refractivity contribution in [3.05, 3.63) is 88.1 Å². The molecule has 3 rings (SSSR count). The van der Waals surface area contributed by atoms with E-state index in [-0.39, 0.29) is 14.3 Å². The molecule has 0 aliphatic rings. The van der Waals surface area contributed by atoms with Gasteiger partial charge < -0.3 is 9.66 Å².